The van der Waals surface area contributed by atoms with Crippen molar-refractivity contribution >= 4 is 0 Å². The summed E-state index contributed by atoms with van der Waals surface area (Å²) in [6.45, 7) is 0.510. The van der Waals surface area contributed by atoms with Crippen LogP contribution >= 0.6 is 0 Å². The number of ether oxygens (including phenoxy) is 2. The highest BCUT2D eigenvalue weighted by Gasteiger charge is 2.35. The van der Waals surface area contributed by atoms with E-state index in [4.69, 9.17) is 4.74 Å². The van der Waals surface area contributed by atoms with Crippen molar-refractivity contribution < 1.29 is 31.4 Å². The second kappa shape index (κ2) is 10.2. The van der Waals surface area contributed by atoms with E-state index in [-0.39, 0.29) is 5.75 Å². The van der Waals surface area contributed by atoms with E-state index in [1.54, 1.807) is 12.1 Å². The first kappa shape index (κ1) is 23.1. The van der Waals surface area contributed by atoms with Crippen LogP contribution in [0.25, 0.3) is 0 Å². The van der Waals surface area contributed by atoms with Gasteiger partial charge in [-0.2, -0.15) is 17.6 Å². The number of allylic oxidation sites excluding steroid dienone is 1. The second-order valence-electron chi connectivity index (χ2n) is 7.80. The third kappa shape index (κ3) is 6.21. The standard InChI is InChI=1S/C24H25F5O2/c1-2-3-4-16-5-7-17(8-6-16)18-9-12-20(13-10-18)31-24(28,29)19-11-14-22(21(25)15-19)30-23(26)27/h2,9-17,23H,1,3-8H2. The highest BCUT2D eigenvalue weighted by molar-refractivity contribution is 5.33. The molecule has 3 rings (SSSR count). The van der Waals surface area contributed by atoms with Crippen LogP contribution in [0.5, 0.6) is 11.5 Å². The monoisotopic (exact) mass is 440 g/mol. The lowest BCUT2D eigenvalue weighted by molar-refractivity contribution is -0.185. The first-order valence-electron chi connectivity index (χ1n) is 10.3. The lowest BCUT2D eigenvalue weighted by Gasteiger charge is -2.28. The summed E-state index contributed by atoms with van der Waals surface area (Å²) < 4.78 is 75.7. The average Bonchev–Trinajstić information content (AvgIpc) is 2.74. The lowest BCUT2D eigenvalue weighted by Crippen LogP contribution is -2.22. The Morgan fingerprint density at radius 2 is 1.71 bits per heavy atom. The van der Waals surface area contributed by atoms with Gasteiger partial charge < -0.3 is 9.47 Å². The van der Waals surface area contributed by atoms with Gasteiger partial charge in [0.2, 0.25) is 0 Å². The predicted molar refractivity (Wildman–Crippen MR) is 108 cm³/mol. The van der Waals surface area contributed by atoms with Crippen LogP contribution in [0.2, 0.25) is 0 Å². The number of hydrogen-bond acceptors (Lipinski definition) is 2. The minimum Gasteiger partial charge on any atom is -0.432 e. The van der Waals surface area contributed by atoms with E-state index in [0.717, 1.165) is 56.2 Å². The fourth-order valence-electron chi connectivity index (χ4n) is 4.03. The highest BCUT2D eigenvalue weighted by atomic mass is 19.3. The van der Waals surface area contributed by atoms with Crippen LogP contribution in [0.3, 0.4) is 0 Å². The van der Waals surface area contributed by atoms with Gasteiger partial charge in [-0.3, -0.25) is 0 Å². The van der Waals surface area contributed by atoms with Gasteiger partial charge in [0.05, 0.1) is 5.56 Å². The molecule has 0 heterocycles. The van der Waals surface area contributed by atoms with Crippen LogP contribution in [0.1, 0.15) is 55.6 Å². The first-order valence-corrected chi connectivity index (χ1v) is 10.3. The van der Waals surface area contributed by atoms with Crippen molar-refractivity contribution in [2.75, 3.05) is 0 Å². The molecule has 1 fully saturated rings. The van der Waals surface area contributed by atoms with Crippen molar-refractivity contribution in [1.82, 2.24) is 0 Å². The van der Waals surface area contributed by atoms with Gasteiger partial charge in [-0.05, 0) is 86.3 Å². The molecule has 0 amide bonds. The molecule has 2 aromatic carbocycles. The molecule has 7 heteroatoms. The van der Waals surface area contributed by atoms with Crippen LogP contribution in [0, 0.1) is 11.7 Å². The Kier molecular flexibility index (Phi) is 7.57. The average molecular weight is 440 g/mol. The molecule has 168 valence electrons. The summed E-state index contributed by atoms with van der Waals surface area (Å²) in [5.74, 6) is -1.08. The topological polar surface area (TPSA) is 18.5 Å². The summed E-state index contributed by atoms with van der Waals surface area (Å²) >= 11 is 0. The molecule has 0 atom stereocenters. The zero-order valence-corrected chi connectivity index (χ0v) is 17.0. The normalized spacial score (nSPS) is 19.3. The Morgan fingerprint density at radius 1 is 1.03 bits per heavy atom. The Balaban J connectivity index is 1.61. The van der Waals surface area contributed by atoms with Gasteiger partial charge in [0.15, 0.2) is 11.6 Å². The summed E-state index contributed by atoms with van der Waals surface area (Å²) in [6, 6.07) is 8.44. The lowest BCUT2D eigenvalue weighted by atomic mass is 9.77. The summed E-state index contributed by atoms with van der Waals surface area (Å²) in [5.41, 5.74) is 0.283. The number of halogens is 5. The minimum absolute atomic E-state index is 0.0678. The van der Waals surface area contributed by atoms with Crippen LogP contribution in [0.15, 0.2) is 55.1 Å². The van der Waals surface area contributed by atoms with Crippen molar-refractivity contribution in [2.45, 2.75) is 57.2 Å². The van der Waals surface area contributed by atoms with Crippen molar-refractivity contribution in [3.05, 3.63) is 72.1 Å². The van der Waals surface area contributed by atoms with Crippen LogP contribution in [-0.2, 0) is 6.11 Å². The fourth-order valence-corrected chi connectivity index (χ4v) is 4.03. The van der Waals surface area contributed by atoms with Crippen molar-refractivity contribution in [1.29, 1.82) is 0 Å². The summed E-state index contributed by atoms with van der Waals surface area (Å²) in [6.07, 6.45) is 4.71. The Bertz CT molecular complexity index is 859. The second-order valence-corrected chi connectivity index (χ2v) is 7.80. The number of rotatable bonds is 9. The van der Waals surface area contributed by atoms with Crippen LogP contribution in [0.4, 0.5) is 22.0 Å². The molecule has 0 N–H and O–H groups in total. The Hall–Kier alpha value is -2.57. The van der Waals surface area contributed by atoms with E-state index in [9.17, 15) is 22.0 Å². The maximum atomic E-state index is 14.4. The van der Waals surface area contributed by atoms with Gasteiger partial charge in [-0.25, -0.2) is 4.39 Å². The molecule has 2 aromatic rings. The molecule has 2 nitrogen and oxygen atoms in total. The minimum atomic E-state index is -3.84. The van der Waals surface area contributed by atoms with Crippen LogP contribution < -0.4 is 9.47 Å². The van der Waals surface area contributed by atoms with E-state index in [1.165, 1.54) is 12.1 Å². The maximum Gasteiger partial charge on any atom is 0.426 e. The molecular weight excluding hydrogens is 415 g/mol. The molecule has 1 aliphatic carbocycles. The number of hydrogen-bond donors (Lipinski definition) is 0. The highest BCUT2D eigenvalue weighted by Crippen LogP contribution is 2.39. The van der Waals surface area contributed by atoms with Crippen molar-refractivity contribution in [2.24, 2.45) is 5.92 Å². The zero-order chi connectivity index (χ0) is 22.4. The Labute approximate surface area is 178 Å². The quantitative estimate of drug-likeness (QED) is 0.293. The van der Waals surface area contributed by atoms with Gasteiger partial charge in [0.1, 0.15) is 5.75 Å². The molecule has 0 bridgehead atoms. The first-order chi connectivity index (χ1) is 14.8. The summed E-state index contributed by atoms with van der Waals surface area (Å²) in [4.78, 5) is 0. The SMILES string of the molecule is C=CCCC1CCC(c2ccc(OC(F)(F)c3ccc(OC(F)F)c(F)c3)cc2)CC1. The van der Waals surface area contributed by atoms with E-state index in [2.05, 4.69) is 11.3 Å². The molecular formula is C24H25F5O2. The van der Waals surface area contributed by atoms with E-state index < -0.39 is 29.9 Å². The summed E-state index contributed by atoms with van der Waals surface area (Å²) in [5, 5.41) is 0. The van der Waals surface area contributed by atoms with Crippen LogP contribution in [-0.4, -0.2) is 6.61 Å². The molecule has 1 aliphatic rings. The summed E-state index contributed by atoms with van der Waals surface area (Å²) in [7, 11) is 0. The Morgan fingerprint density at radius 3 is 2.29 bits per heavy atom. The van der Waals surface area contributed by atoms with Crippen molar-refractivity contribution in [3.63, 3.8) is 0 Å². The molecule has 1 saturated carbocycles. The molecule has 0 aliphatic heterocycles. The van der Waals surface area contributed by atoms with Gasteiger partial charge in [0.25, 0.3) is 0 Å². The van der Waals surface area contributed by atoms with Gasteiger partial charge in [0, 0.05) is 0 Å². The van der Waals surface area contributed by atoms with E-state index >= 15 is 0 Å². The third-order valence-electron chi connectivity index (χ3n) is 5.71. The largest absolute Gasteiger partial charge is 0.432 e. The number of alkyl halides is 4. The molecule has 0 aromatic heterocycles. The molecule has 0 saturated heterocycles. The van der Waals surface area contributed by atoms with Gasteiger partial charge in [-0.1, -0.05) is 18.2 Å². The maximum absolute atomic E-state index is 14.4. The van der Waals surface area contributed by atoms with Gasteiger partial charge >= 0.3 is 12.7 Å². The molecule has 0 spiro atoms. The van der Waals surface area contributed by atoms with Gasteiger partial charge in [-0.15, -0.1) is 6.58 Å². The zero-order valence-electron chi connectivity index (χ0n) is 17.0. The molecule has 0 unspecified atom stereocenters. The van der Waals surface area contributed by atoms with E-state index in [0.29, 0.717) is 17.9 Å². The fraction of sp³-hybridized carbons (Fsp3) is 0.417. The molecule has 31 heavy (non-hydrogen) atoms. The predicted octanol–water partition coefficient (Wildman–Crippen LogP) is 7.80. The molecule has 0 radical (unpaired) electrons. The smallest absolute Gasteiger partial charge is 0.426 e. The van der Waals surface area contributed by atoms with E-state index in [1.807, 2.05) is 6.08 Å². The number of benzene rings is 2. The third-order valence-corrected chi connectivity index (χ3v) is 5.71. The van der Waals surface area contributed by atoms with Crippen molar-refractivity contribution in [3.8, 4) is 11.5 Å².